The molecule has 0 saturated heterocycles. The second-order valence-electron chi connectivity index (χ2n) is 12.4. The second-order valence-corrected chi connectivity index (χ2v) is 12.7. The van der Waals surface area contributed by atoms with Gasteiger partial charge in [-0.3, -0.25) is 9.59 Å². The molecule has 0 aromatic heterocycles. The van der Waals surface area contributed by atoms with Gasteiger partial charge in [0.15, 0.2) is 5.78 Å². The van der Waals surface area contributed by atoms with Crippen LogP contribution in [0.1, 0.15) is 193 Å². The first-order valence-corrected chi connectivity index (χ1v) is 18.2. The number of aliphatic hydroxyl groups excluding tert-OH is 2. The average Bonchev–Trinajstić information content (AvgIpc) is 2.97. The highest BCUT2D eigenvalue weighted by molar-refractivity contribution is 7.09. The van der Waals surface area contributed by atoms with Crippen LogP contribution in [-0.2, 0) is 14.1 Å². The van der Waals surface area contributed by atoms with Gasteiger partial charge < -0.3 is 14.7 Å². The van der Waals surface area contributed by atoms with Gasteiger partial charge in [0.2, 0.25) is 0 Å². The minimum absolute atomic E-state index is 0.137. The van der Waals surface area contributed by atoms with Gasteiger partial charge in [-0.2, -0.15) is 0 Å². The average molecular weight is 601 g/mol. The van der Waals surface area contributed by atoms with E-state index in [0.717, 1.165) is 44.9 Å². The summed E-state index contributed by atoms with van der Waals surface area (Å²) in [5.41, 5.74) is 0. The van der Waals surface area contributed by atoms with Crippen molar-refractivity contribution >= 4 is 21.0 Å². The molecule has 0 radical (unpaired) electrons. The summed E-state index contributed by atoms with van der Waals surface area (Å²) in [4.78, 5) is 24.1. The summed E-state index contributed by atoms with van der Waals surface area (Å²) >= 11 is 0. The maximum atomic E-state index is 12.1. The molecule has 41 heavy (non-hydrogen) atoms. The predicted molar refractivity (Wildman–Crippen MR) is 177 cm³/mol. The van der Waals surface area contributed by atoms with Gasteiger partial charge >= 0.3 is 0 Å². The first kappa shape index (κ1) is 40.6. The summed E-state index contributed by atoms with van der Waals surface area (Å²) < 4.78 is 4.93. The smallest absolute Gasteiger partial charge is 0.164 e. The Hall–Kier alpha value is -0.350. The maximum Gasteiger partial charge on any atom is 0.164 e. The van der Waals surface area contributed by atoms with Gasteiger partial charge in [-0.15, -0.1) is 0 Å². The quantitative estimate of drug-likeness (QED) is 0.0567. The first-order chi connectivity index (χ1) is 20.1. The van der Waals surface area contributed by atoms with E-state index >= 15 is 0 Å². The molecule has 0 rings (SSSR count). The standard InChI is InChI=1S/C35H69O5P/c1-2-3-4-5-6-7-13-16-19-22-25-28-32(37)29-26-23-20-17-14-11-9-8-10-12-15-18-21-24-27-30-33(38)35(40-41)34(39)31-36/h34-36,39H,2-31,41H2,1H3. The molecule has 0 aliphatic rings. The number of rotatable bonds is 34. The Morgan fingerprint density at radius 3 is 1.12 bits per heavy atom. The number of hydrogen-bond donors (Lipinski definition) is 2. The Balaban J connectivity index is 3.28. The fourth-order valence-electron chi connectivity index (χ4n) is 5.65. The predicted octanol–water partition coefficient (Wildman–Crippen LogP) is 9.99. The first-order valence-electron chi connectivity index (χ1n) is 17.8. The zero-order valence-electron chi connectivity index (χ0n) is 27.1. The van der Waals surface area contributed by atoms with Crippen LogP contribution >= 0.6 is 9.47 Å². The lowest BCUT2D eigenvalue weighted by Crippen LogP contribution is -2.36. The number of carbonyl (C=O) groups is 2. The van der Waals surface area contributed by atoms with Crippen molar-refractivity contribution in [3.8, 4) is 0 Å². The monoisotopic (exact) mass is 600 g/mol. The zero-order valence-corrected chi connectivity index (χ0v) is 28.2. The van der Waals surface area contributed by atoms with Crippen LogP contribution in [0.3, 0.4) is 0 Å². The Morgan fingerprint density at radius 1 is 0.537 bits per heavy atom. The fourth-order valence-corrected chi connectivity index (χ4v) is 5.98. The van der Waals surface area contributed by atoms with E-state index in [9.17, 15) is 14.7 Å². The van der Waals surface area contributed by atoms with Crippen molar-refractivity contribution in [2.24, 2.45) is 0 Å². The maximum absolute atomic E-state index is 12.1. The molecule has 0 heterocycles. The zero-order chi connectivity index (χ0) is 30.2. The molecule has 0 aliphatic heterocycles. The fraction of sp³-hybridized carbons (Fsp3) is 0.943. The van der Waals surface area contributed by atoms with E-state index in [-0.39, 0.29) is 5.78 Å². The molecule has 6 heteroatoms. The molecule has 244 valence electrons. The van der Waals surface area contributed by atoms with Crippen LogP contribution in [-0.4, -0.2) is 40.6 Å². The van der Waals surface area contributed by atoms with Gasteiger partial charge in [0.25, 0.3) is 0 Å². The Kier molecular flexibility index (Phi) is 32.3. The molecular formula is C35H69O5P. The molecule has 0 spiro atoms. The summed E-state index contributed by atoms with van der Waals surface area (Å²) in [6, 6.07) is 0. The van der Waals surface area contributed by atoms with Crippen LogP contribution in [0.2, 0.25) is 0 Å². The Bertz CT molecular complexity index is 571. The van der Waals surface area contributed by atoms with Crippen LogP contribution in [0.4, 0.5) is 0 Å². The van der Waals surface area contributed by atoms with Gasteiger partial charge in [0.1, 0.15) is 18.0 Å². The van der Waals surface area contributed by atoms with Gasteiger partial charge in [0, 0.05) is 28.7 Å². The largest absolute Gasteiger partial charge is 0.394 e. The van der Waals surface area contributed by atoms with Crippen molar-refractivity contribution in [2.45, 2.75) is 205 Å². The lowest BCUT2D eigenvalue weighted by molar-refractivity contribution is -0.131. The van der Waals surface area contributed by atoms with E-state index in [1.807, 2.05) is 9.47 Å². The summed E-state index contributed by atoms with van der Waals surface area (Å²) in [5.74, 6) is 0.354. The van der Waals surface area contributed by atoms with Gasteiger partial charge in [-0.25, -0.2) is 0 Å². The number of carbonyl (C=O) groups excluding carboxylic acids is 2. The minimum atomic E-state index is -1.14. The number of aliphatic hydroxyl groups is 2. The molecule has 0 bridgehead atoms. The molecule has 3 atom stereocenters. The highest BCUT2D eigenvalue weighted by atomic mass is 31.0. The summed E-state index contributed by atoms with van der Waals surface area (Å²) in [6.45, 7) is 1.81. The van der Waals surface area contributed by atoms with E-state index in [1.54, 1.807) is 0 Å². The molecule has 0 aromatic rings. The topological polar surface area (TPSA) is 83.8 Å². The molecule has 0 saturated carbocycles. The van der Waals surface area contributed by atoms with Crippen LogP contribution in [0, 0.1) is 0 Å². The van der Waals surface area contributed by atoms with E-state index in [0.29, 0.717) is 12.2 Å². The summed E-state index contributed by atoms with van der Waals surface area (Å²) in [7, 11) is 2.01. The van der Waals surface area contributed by atoms with E-state index < -0.39 is 18.8 Å². The SMILES string of the molecule is CCCCCCCCCCCCCC(=O)CCCCCCCCCCCCCCCCCC(=O)C(OP)C(O)CO. The summed E-state index contributed by atoms with van der Waals surface area (Å²) in [5, 5.41) is 18.6. The van der Waals surface area contributed by atoms with E-state index in [2.05, 4.69) is 6.92 Å². The third-order valence-electron chi connectivity index (χ3n) is 8.44. The molecule has 0 amide bonds. The molecular weight excluding hydrogens is 531 g/mol. The Labute approximate surface area is 257 Å². The molecule has 0 aliphatic carbocycles. The molecule has 0 aromatic carbocycles. The van der Waals surface area contributed by atoms with Crippen LogP contribution in [0.15, 0.2) is 0 Å². The van der Waals surface area contributed by atoms with Gasteiger partial charge in [-0.1, -0.05) is 155 Å². The van der Waals surface area contributed by atoms with Crippen LogP contribution in [0.5, 0.6) is 0 Å². The van der Waals surface area contributed by atoms with Gasteiger partial charge in [0.05, 0.1) is 6.61 Å². The van der Waals surface area contributed by atoms with Crippen LogP contribution < -0.4 is 0 Å². The second kappa shape index (κ2) is 32.6. The normalized spacial score (nSPS) is 13.0. The Morgan fingerprint density at radius 2 is 0.829 bits per heavy atom. The molecule has 3 unspecified atom stereocenters. The van der Waals surface area contributed by atoms with Gasteiger partial charge in [-0.05, 0) is 19.3 Å². The van der Waals surface area contributed by atoms with Crippen molar-refractivity contribution in [3.05, 3.63) is 0 Å². The van der Waals surface area contributed by atoms with Crippen molar-refractivity contribution in [2.75, 3.05) is 6.61 Å². The number of ketones is 2. The summed E-state index contributed by atoms with van der Waals surface area (Å²) in [6.07, 6.45) is 33.1. The van der Waals surface area contributed by atoms with Crippen LogP contribution in [0.25, 0.3) is 0 Å². The van der Waals surface area contributed by atoms with Crippen molar-refractivity contribution < 1.29 is 24.3 Å². The van der Waals surface area contributed by atoms with Crippen molar-refractivity contribution in [3.63, 3.8) is 0 Å². The lowest BCUT2D eigenvalue weighted by Gasteiger charge is -2.18. The number of unbranched alkanes of at least 4 members (excludes halogenated alkanes) is 24. The third-order valence-corrected chi connectivity index (χ3v) is 8.73. The highest BCUT2D eigenvalue weighted by Gasteiger charge is 2.25. The third kappa shape index (κ3) is 28.2. The molecule has 0 fully saturated rings. The van der Waals surface area contributed by atoms with E-state index in [1.165, 1.54) is 135 Å². The highest BCUT2D eigenvalue weighted by Crippen LogP contribution is 2.16. The lowest BCUT2D eigenvalue weighted by atomic mass is 10.0. The van der Waals surface area contributed by atoms with Crippen molar-refractivity contribution in [1.29, 1.82) is 0 Å². The van der Waals surface area contributed by atoms with E-state index in [4.69, 9.17) is 9.63 Å². The number of hydrogen-bond acceptors (Lipinski definition) is 5. The molecule has 5 nitrogen and oxygen atoms in total. The molecule has 2 N–H and O–H groups in total. The number of Topliss-reactive ketones (excluding diaryl/α,β-unsaturated/α-hetero) is 2. The minimum Gasteiger partial charge on any atom is -0.394 e. The van der Waals surface area contributed by atoms with Crippen molar-refractivity contribution in [1.82, 2.24) is 0 Å².